The molecule has 1 aliphatic heterocycles. The molecular formula is C30H30F3N7O2. The van der Waals surface area contributed by atoms with Gasteiger partial charge in [0.15, 0.2) is 0 Å². The highest BCUT2D eigenvalue weighted by atomic mass is 19.4. The summed E-state index contributed by atoms with van der Waals surface area (Å²) in [6, 6.07) is 10.1. The molecule has 0 spiro atoms. The quantitative estimate of drug-likeness (QED) is 0.351. The highest BCUT2D eigenvalue weighted by molar-refractivity contribution is 5.95. The smallest absolute Gasteiger partial charge is 0.416 e. The second kappa shape index (κ2) is 9.62. The molecule has 2 fully saturated rings. The number of carbonyl (C=O) groups is 1. The van der Waals surface area contributed by atoms with Crippen LogP contribution in [0.5, 0.6) is 5.88 Å². The molecule has 1 saturated carbocycles. The number of nitrogens with zero attached hydrogens (tertiary/aromatic N) is 6. The van der Waals surface area contributed by atoms with Gasteiger partial charge in [0, 0.05) is 60.2 Å². The van der Waals surface area contributed by atoms with Gasteiger partial charge in [-0.05, 0) is 50.6 Å². The van der Waals surface area contributed by atoms with Gasteiger partial charge in [-0.15, -0.1) is 0 Å². The minimum atomic E-state index is -4.43. The number of halogens is 3. The van der Waals surface area contributed by atoms with Crippen LogP contribution in [0.2, 0.25) is 0 Å². The van der Waals surface area contributed by atoms with Gasteiger partial charge in [-0.3, -0.25) is 4.79 Å². The monoisotopic (exact) mass is 577 g/mol. The van der Waals surface area contributed by atoms with E-state index in [1.165, 1.54) is 16.8 Å². The first-order chi connectivity index (χ1) is 19.7. The number of nitrogens with two attached hydrogens (primary N) is 1. The highest BCUT2D eigenvalue weighted by Gasteiger charge is 2.69. The number of aryl methyl sites for hydroxylation is 1. The van der Waals surface area contributed by atoms with Gasteiger partial charge in [0.2, 0.25) is 11.8 Å². The van der Waals surface area contributed by atoms with Gasteiger partial charge in [0.25, 0.3) is 5.91 Å². The number of ether oxygens (including phenoxy) is 1. The van der Waals surface area contributed by atoms with Crippen molar-refractivity contribution in [2.75, 3.05) is 13.1 Å². The van der Waals surface area contributed by atoms with Crippen molar-refractivity contribution in [1.29, 1.82) is 0 Å². The Morgan fingerprint density at radius 2 is 1.79 bits per heavy atom. The third-order valence-corrected chi connectivity index (χ3v) is 8.18. The SMILES string of the molecule is Cc1nn(-c2ncccn2)cc1C(=O)N1C[C@H]2[C@H](Oc3cc(C(C)(C)N)cc(-c4ccc(C(F)(F)F)cc4)n3)[C@@]2(C)C1. The van der Waals surface area contributed by atoms with Gasteiger partial charge in [-0.1, -0.05) is 19.1 Å². The lowest BCUT2D eigenvalue weighted by Crippen LogP contribution is -2.35. The first-order valence-electron chi connectivity index (χ1n) is 13.5. The number of aromatic nitrogens is 5. The van der Waals surface area contributed by atoms with Gasteiger partial charge in [-0.25, -0.2) is 19.6 Å². The van der Waals surface area contributed by atoms with Crippen LogP contribution in [0.3, 0.4) is 0 Å². The lowest BCUT2D eigenvalue weighted by Gasteiger charge is -2.24. The Labute approximate surface area is 240 Å². The highest BCUT2D eigenvalue weighted by Crippen LogP contribution is 2.59. The summed E-state index contributed by atoms with van der Waals surface area (Å²) in [4.78, 5) is 28.2. The predicted octanol–water partition coefficient (Wildman–Crippen LogP) is 4.78. The molecule has 0 unspecified atom stereocenters. The van der Waals surface area contributed by atoms with E-state index in [1.54, 1.807) is 43.7 Å². The summed E-state index contributed by atoms with van der Waals surface area (Å²) in [5.41, 5.74) is 7.46. The summed E-state index contributed by atoms with van der Waals surface area (Å²) in [6.07, 6.45) is 0.279. The number of carbonyl (C=O) groups excluding carboxylic acids is 1. The van der Waals surface area contributed by atoms with E-state index in [0.29, 0.717) is 47.4 Å². The molecular weight excluding hydrogens is 547 g/mol. The summed E-state index contributed by atoms with van der Waals surface area (Å²) in [7, 11) is 0. The van der Waals surface area contributed by atoms with E-state index < -0.39 is 17.3 Å². The third-order valence-electron chi connectivity index (χ3n) is 8.18. The summed E-state index contributed by atoms with van der Waals surface area (Å²) in [5, 5.41) is 4.41. The molecule has 2 aliphatic rings. The zero-order valence-corrected chi connectivity index (χ0v) is 23.6. The lowest BCUT2D eigenvalue weighted by atomic mass is 9.94. The van der Waals surface area contributed by atoms with Gasteiger partial charge >= 0.3 is 6.18 Å². The van der Waals surface area contributed by atoms with E-state index in [9.17, 15) is 18.0 Å². The summed E-state index contributed by atoms with van der Waals surface area (Å²) in [6.45, 7) is 8.56. The van der Waals surface area contributed by atoms with Crippen LogP contribution in [-0.4, -0.2) is 54.7 Å². The van der Waals surface area contributed by atoms with E-state index >= 15 is 0 Å². The number of piperidine rings is 1. The first-order valence-corrected chi connectivity index (χ1v) is 13.5. The molecule has 12 heteroatoms. The minimum Gasteiger partial charge on any atom is -0.473 e. The zero-order chi connectivity index (χ0) is 30.0. The molecule has 0 bridgehead atoms. The van der Waals surface area contributed by atoms with Crippen molar-refractivity contribution in [1.82, 2.24) is 29.6 Å². The van der Waals surface area contributed by atoms with Gasteiger partial charge in [0.05, 0.1) is 22.5 Å². The Bertz CT molecular complexity index is 1650. The van der Waals surface area contributed by atoms with Crippen molar-refractivity contribution >= 4 is 5.91 Å². The second-order valence-electron chi connectivity index (χ2n) is 11.8. The average Bonchev–Trinajstić information content (AvgIpc) is 3.23. The van der Waals surface area contributed by atoms with Crippen LogP contribution in [0, 0.1) is 18.3 Å². The summed E-state index contributed by atoms with van der Waals surface area (Å²) < 4.78 is 47.1. The maximum atomic E-state index is 13.4. The molecule has 4 heterocycles. The van der Waals surface area contributed by atoms with Crippen molar-refractivity contribution < 1.29 is 22.7 Å². The van der Waals surface area contributed by atoms with Crippen molar-refractivity contribution in [3.05, 3.63) is 83.4 Å². The fourth-order valence-corrected chi connectivity index (χ4v) is 5.61. The van der Waals surface area contributed by atoms with E-state index in [-0.39, 0.29) is 23.3 Å². The number of rotatable bonds is 6. The van der Waals surface area contributed by atoms with Crippen LogP contribution in [-0.2, 0) is 11.7 Å². The van der Waals surface area contributed by atoms with E-state index in [2.05, 4.69) is 27.0 Å². The fourth-order valence-electron chi connectivity index (χ4n) is 5.61. The van der Waals surface area contributed by atoms with Crippen LogP contribution in [0.15, 0.2) is 61.1 Å². The molecule has 3 aromatic heterocycles. The molecule has 6 rings (SSSR count). The van der Waals surface area contributed by atoms with Gasteiger partial charge in [0.1, 0.15) is 6.10 Å². The van der Waals surface area contributed by atoms with Crippen LogP contribution in [0.25, 0.3) is 17.2 Å². The van der Waals surface area contributed by atoms with Crippen LogP contribution < -0.4 is 10.5 Å². The molecule has 0 radical (unpaired) electrons. The van der Waals surface area contributed by atoms with Crippen molar-refractivity contribution in [2.45, 2.75) is 45.5 Å². The normalized spacial score (nSPS) is 21.8. The van der Waals surface area contributed by atoms with Gasteiger partial charge < -0.3 is 15.4 Å². The number of alkyl halides is 3. The molecule has 1 amide bonds. The lowest BCUT2D eigenvalue weighted by molar-refractivity contribution is -0.137. The Morgan fingerprint density at radius 1 is 1.10 bits per heavy atom. The second-order valence-corrected chi connectivity index (χ2v) is 11.8. The molecule has 4 aromatic rings. The summed E-state index contributed by atoms with van der Waals surface area (Å²) in [5.74, 6) is 0.714. The van der Waals surface area contributed by atoms with E-state index in [0.717, 1.165) is 17.7 Å². The molecule has 1 aliphatic carbocycles. The van der Waals surface area contributed by atoms with Crippen LogP contribution in [0.4, 0.5) is 13.2 Å². The molecule has 2 N–H and O–H groups in total. The molecule has 1 saturated heterocycles. The largest absolute Gasteiger partial charge is 0.473 e. The van der Waals surface area contributed by atoms with Gasteiger partial charge in [-0.2, -0.15) is 18.3 Å². The molecule has 218 valence electrons. The number of benzene rings is 1. The zero-order valence-electron chi connectivity index (χ0n) is 23.6. The predicted molar refractivity (Wildman–Crippen MR) is 148 cm³/mol. The number of likely N-dealkylation sites (tertiary alicyclic amines) is 1. The first kappa shape index (κ1) is 27.8. The topological polar surface area (TPSA) is 112 Å². The number of hydrogen-bond acceptors (Lipinski definition) is 7. The number of amides is 1. The van der Waals surface area contributed by atoms with E-state index in [1.807, 2.05) is 18.7 Å². The maximum Gasteiger partial charge on any atom is 0.416 e. The Morgan fingerprint density at radius 3 is 2.38 bits per heavy atom. The molecule has 9 nitrogen and oxygen atoms in total. The Balaban J connectivity index is 1.19. The van der Waals surface area contributed by atoms with Crippen molar-refractivity contribution in [3.8, 4) is 23.1 Å². The maximum absolute atomic E-state index is 13.4. The summed E-state index contributed by atoms with van der Waals surface area (Å²) >= 11 is 0. The standard InChI is InChI=1S/C30H30F3N7O2/c1-17-21(14-40(38-17)27-35-10-5-11-36-27)26(41)39-15-22-25(29(22,4)16-39)42-24-13-20(28(2,3)34)12-23(37-24)18-6-8-19(9-7-18)30(31,32)33/h5-14,22,25H,15-16,34H2,1-4H3/t22-,25-,29-/m0/s1. The van der Waals surface area contributed by atoms with Crippen LogP contribution >= 0.6 is 0 Å². The minimum absolute atomic E-state index is 0.0973. The number of hydrogen-bond donors (Lipinski definition) is 1. The van der Waals surface area contributed by atoms with Crippen molar-refractivity contribution in [3.63, 3.8) is 0 Å². The Kier molecular flexibility index (Phi) is 6.37. The van der Waals surface area contributed by atoms with E-state index in [4.69, 9.17) is 10.5 Å². The molecule has 3 atom stereocenters. The third kappa shape index (κ3) is 5.00. The molecule has 42 heavy (non-hydrogen) atoms. The Hall–Kier alpha value is -4.32. The van der Waals surface area contributed by atoms with Crippen LogP contribution in [0.1, 0.15) is 48.0 Å². The number of fused-ring (bicyclic) bond motifs is 1. The van der Waals surface area contributed by atoms with Crippen molar-refractivity contribution in [2.24, 2.45) is 17.1 Å². The fraction of sp³-hybridized carbons (Fsp3) is 0.367. The molecule has 1 aromatic carbocycles. The number of pyridine rings is 1. The average molecular weight is 578 g/mol.